The summed E-state index contributed by atoms with van der Waals surface area (Å²) in [5.41, 5.74) is 2.22. The van der Waals surface area contributed by atoms with Crippen LogP contribution in [0.2, 0.25) is 0 Å². The van der Waals surface area contributed by atoms with Crippen LogP contribution in [0.3, 0.4) is 0 Å². The van der Waals surface area contributed by atoms with Crippen LogP contribution < -0.4 is 10.6 Å². The van der Waals surface area contributed by atoms with Crippen molar-refractivity contribution in [1.29, 1.82) is 0 Å². The molecule has 2 aromatic rings. The molecule has 0 aromatic heterocycles. The van der Waals surface area contributed by atoms with E-state index in [1.54, 1.807) is 0 Å². The van der Waals surface area contributed by atoms with E-state index in [1.165, 1.54) is 38.5 Å². The van der Waals surface area contributed by atoms with Gasteiger partial charge in [0.15, 0.2) is 0 Å². The van der Waals surface area contributed by atoms with Crippen molar-refractivity contribution in [3.05, 3.63) is 71.8 Å². The second kappa shape index (κ2) is 9.38. The summed E-state index contributed by atoms with van der Waals surface area (Å²) >= 11 is 0. The van der Waals surface area contributed by atoms with Crippen molar-refractivity contribution in [3.8, 4) is 0 Å². The van der Waals surface area contributed by atoms with Gasteiger partial charge in [0, 0.05) is 6.04 Å². The fourth-order valence-electron chi connectivity index (χ4n) is 3.58. The Labute approximate surface area is 150 Å². The van der Waals surface area contributed by atoms with Gasteiger partial charge in [-0.3, -0.25) is 4.79 Å². The van der Waals surface area contributed by atoms with Gasteiger partial charge in [-0.15, -0.1) is 0 Å². The lowest BCUT2D eigenvalue weighted by atomic mass is 9.99. The summed E-state index contributed by atoms with van der Waals surface area (Å²) in [5, 5.41) is 6.66. The number of carbonyl (C=O) groups is 1. The van der Waals surface area contributed by atoms with E-state index in [2.05, 4.69) is 34.9 Å². The average Bonchev–Trinajstić information content (AvgIpc) is 2.95. The minimum atomic E-state index is -0.106. The molecule has 0 saturated heterocycles. The van der Waals surface area contributed by atoms with Gasteiger partial charge in [-0.05, 0) is 24.0 Å². The maximum absolute atomic E-state index is 12.6. The van der Waals surface area contributed by atoms with Crippen molar-refractivity contribution in [2.24, 2.45) is 0 Å². The Kier molecular flexibility index (Phi) is 6.63. The average molecular weight is 336 g/mol. The molecule has 0 radical (unpaired) electrons. The van der Waals surface area contributed by atoms with E-state index in [-0.39, 0.29) is 11.9 Å². The molecular formula is C22H28N2O. The van der Waals surface area contributed by atoms with Crippen molar-refractivity contribution < 1.29 is 4.79 Å². The fourth-order valence-corrected chi connectivity index (χ4v) is 3.58. The van der Waals surface area contributed by atoms with Crippen LogP contribution in [0.15, 0.2) is 60.7 Å². The number of carbonyl (C=O) groups excluding carboxylic acids is 1. The highest BCUT2D eigenvalue weighted by Gasteiger charge is 2.18. The predicted octanol–water partition coefficient (Wildman–Crippen LogP) is 4.20. The van der Waals surface area contributed by atoms with Gasteiger partial charge < -0.3 is 10.6 Å². The molecular weight excluding hydrogens is 308 g/mol. The van der Waals surface area contributed by atoms with Crippen LogP contribution in [-0.4, -0.2) is 18.5 Å². The van der Waals surface area contributed by atoms with Crippen molar-refractivity contribution >= 4 is 5.91 Å². The lowest BCUT2D eigenvalue weighted by Gasteiger charge is -2.21. The molecule has 0 bridgehead atoms. The van der Waals surface area contributed by atoms with Gasteiger partial charge in [-0.2, -0.15) is 0 Å². The number of benzene rings is 2. The van der Waals surface area contributed by atoms with Gasteiger partial charge in [-0.25, -0.2) is 0 Å². The quantitative estimate of drug-likeness (QED) is 0.776. The number of hydrogen-bond donors (Lipinski definition) is 2. The molecule has 0 heterocycles. The first-order valence-corrected chi connectivity index (χ1v) is 9.45. The van der Waals surface area contributed by atoms with E-state index in [1.807, 2.05) is 36.4 Å². The maximum Gasteiger partial charge on any atom is 0.234 e. The van der Waals surface area contributed by atoms with E-state index >= 15 is 0 Å². The summed E-state index contributed by atoms with van der Waals surface area (Å²) in [6.45, 7) is 0.390. The summed E-state index contributed by atoms with van der Waals surface area (Å²) in [5.74, 6) is 0.0574. The van der Waals surface area contributed by atoms with Gasteiger partial charge >= 0.3 is 0 Å². The van der Waals surface area contributed by atoms with E-state index in [0.29, 0.717) is 12.6 Å². The Hall–Kier alpha value is -2.13. The van der Waals surface area contributed by atoms with Gasteiger partial charge in [0.1, 0.15) is 0 Å². The monoisotopic (exact) mass is 336 g/mol. The highest BCUT2D eigenvalue weighted by Crippen LogP contribution is 2.21. The van der Waals surface area contributed by atoms with Gasteiger partial charge in [-0.1, -0.05) is 86.3 Å². The lowest BCUT2D eigenvalue weighted by Crippen LogP contribution is -2.40. The third-order valence-corrected chi connectivity index (χ3v) is 4.98. The van der Waals surface area contributed by atoms with Crippen molar-refractivity contribution in [2.75, 3.05) is 6.54 Å². The summed E-state index contributed by atoms with van der Waals surface area (Å²) in [6.07, 6.45) is 7.58. The molecule has 1 amide bonds. The SMILES string of the molecule is O=C(CNC1CCCCCC1)NC(c1ccccc1)c1ccccc1. The van der Waals surface area contributed by atoms with E-state index in [0.717, 1.165) is 11.1 Å². The molecule has 1 saturated carbocycles. The first-order chi connectivity index (χ1) is 12.3. The van der Waals surface area contributed by atoms with E-state index in [9.17, 15) is 4.79 Å². The zero-order chi connectivity index (χ0) is 17.3. The van der Waals surface area contributed by atoms with Gasteiger partial charge in [0.05, 0.1) is 12.6 Å². The molecule has 0 unspecified atom stereocenters. The zero-order valence-corrected chi connectivity index (χ0v) is 14.8. The van der Waals surface area contributed by atoms with Crippen LogP contribution >= 0.6 is 0 Å². The molecule has 2 aromatic carbocycles. The normalized spacial score (nSPS) is 15.7. The molecule has 25 heavy (non-hydrogen) atoms. The lowest BCUT2D eigenvalue weighted by molar-refractivity contribution is -0.120. The zero-order valence-electron chi connectivity index (χ0n) is 14.8. The van der Waals surface area contributed by atoms with Crippen LogP contribution in [0, 0.1) is 0 Å². The third-order valence-electron chi connectivity index (χ3n) is 4.98. The molecule has 132 valence electrons. The van der Waals surface area contributed by atoms with Crippen LogP contribution in [0.1, 0.15) is 55.7 Å². The van der Waals surface area contributed by atoms with E-state index in [4.69, 9.17) is 0 Å². The first kappa shape index (κ1) is 17.7. The van der Waals surface area contributed by atoms with Gasteiger partial charge in [0.2, 0.25) is 5.91 Å². The molecule has 1 fully saturated rings. The second-order valence-corrected chi connectivity index (χ2v) is 6.89. The highest BCUT2D eigenvalue weighted by molar-refractivity contribution is 5.79. The molecule has 0 spiro atoms. The Morgan fingerprint density at radius 1 is 0.840 bits per heavy atom. The molecule has 3 heteroatoms. The summed E-state index contributed by atoms with van der Waals surface area (Å²) in [7, 11) is 0. The molecule has 1 aliphatic rings. The molecule has 2 N–H and O–H groups in total. The topological polar surface area (TPSA) is 41.1 Å². The molecule has 0 aliphatic heterocycles. The largest absolute Gasteiger partial charge is 0.344 e. The third kappa shape index (κ3) is 5.43. The highest BCUT2D eigenvalue weighted by atomic mass is 16.2. The van der Waals surface area contributed by atoms with Crippen molar-refractivity contribution in [3.63, 3.8) is 0 Å². The molecule has 0 atom stereocenters. The first-order valence-electron chi connectivity index (χ1n) is 9.45. The second-order valence-electron chi connectivity index (χ2n) is 6.89. The number of nitrogens with one attached hydrogen (secondary N) is 2. The van der Waals surface area contributed by atoms with Gasteiger partial charge in [0.25, 0.3) is 0 Å². The fraction of sp³-hybridized carbons (Fsp3) is 0.409. The molecule has 3 rings (SSSR count). The number of hydrogen-bond acceptors (Lipinski definition) is 2. The molecule has 3 nitrogen and oxygen atoms in total. The van der Waals surface area contributed by atoms with Crippen LogP contribution in [0.5, 0.6) is 0 Å². The standard InChI is InChI=1S/C22H28N2O/c25-21(17-23-20-15-9-1-2-10-16-20)24-22(18-11-5-3-6-12-18)19-13-7-4-8-14-19/h3-8,11-14,20,22-23H,1-2,9-10,15-17H2,(H,24,25). The van der Waals surface area contributed by atoms with Crippen molar-refractivity contribution in [1.82, 2.24) is 10.6 Å². The Balaban J connectivity index is 1.62. The van der Waals surface area contributed by atoms with Crippen LogP contribution in [0.25, 0.3) is 0 Å². The maximum atomic E-state index is 12.6. The Morgan fingerprint density at radius 2 is 1.36 bits per heavy atom. The van der Waals surface area contributed by atoms with E-state index < -0.39 is 0 Å². The minimum absolute atomic E-state index is 0.0574. The Morgan fingerprint density at radius 3 is 1.88 bits per heavy atom. The van der Waals surface area contributed by atoms with Crippen LogP contribution in [0.4, 0.5) is 0 Å². The number of rotatable bonds is 6. The minimum Gasteiger partial charge on any atom is -0.344 e. The Bertz CT molecular complexity index is 594. The van der Waals surface area contributed by atoms with Crippen LogP contribution in [-0.2, 0) is 4.79 Å². The predicted molar refractivity (Wildman–Crippen MR) is 102 cm³/mol. The number of amides is 1. The summed E-state index contributed by atoms with van der Waals surface area (Å²) in [4.78, 5) is 12.6. The molecule has 1 aliphatic carbocycles. The summed E-state index contributed by atoms with van der Waals surface area (Å²) in [6, 6.07) is 20.7. The van der Waals surface area contributed by atoms with Crippen molar-refractivity contribution in [2.45, 2.75) is 50.6 Å². The summed E-state index contributed by atoms with van der Waals surface area (Å²) < 4.78 is 0. The smallest absolute Gasteiger partial charge is 0.234 e.